The Morgan fingerprint density at radius 1 is 1.00 bits per heavy atom. The molecule has 1 amide bonds. The molecule has 5 nitrogen and oxygen atoms in total. The molecule has 0 bridgehead atoms. The Kier molecular flexibility index (Phi) is 5.88. The summed E-state index contributed by atoms with van der Waals surface area (Å²) < 4.78 is 11.4. The lowest BCUT2D eigenvalue weighted by Crippen LogP contribution is -2.47. The molecule has 29 heavy (non-hydrogen) atoms. The fourth-order valence-electron chi connectivity index (χ4n) is 4.17. The molecule has 2 aliphatic rings. The van der Waals surface area contributed by atoms with Gasteiger partial charge in [0.1, 0.15) is 5.60 Å². The van der Waals surface area contributed by atoms with Crippen LogP contribution in [0.2, 0.25) is 0 Å². The Balaban J connectivity index is 1.41. The largest absolute Gasteiger partial charge is 0.438 e. The smallest absolute Gasteiger partial charge is 0.411 e. The lowest BCUT2D eigenvalue weighted by molar-refractivity contribution is -0.0491. The number of rotatable bonds is 5. The van der Waals surface area contributed by atoms with Crippen molar-refractivity contribution in [2.45, 2.75) is 38.5 Å². The molecule has 5 heteroatoms. The highest BCUT2D eigenvalue weighted by molar-refractivity contribution is 5.70. The van der Waals surface area contributed by atoms with Crippen LogP contribution < -0.4 is 0 Å². The normalized spacial score (nSPS) is 24.2. The van der Waals surface area contributed by atoms with Crippen LogP contribution in [-0.2, 0) is 21.6 Å². The summed E-state index contributed by atoms with van der Waals surface area (Å²) >= 11 is 0. The van der Waals surface area contributed by atoms with Gasteiger partial charge in [-0.15, -0.1) is 0 Å². The molecule has 0 spiro atoms. The summed E-state index contributed by atoms with van der Waals surface area (Å²) in [7, 11) is 0. The molecule has 0 aliphatic carbocycles. The molecule has 0 aromatic heterocycles. The highest BCUT2D eigenvalue weighted by Gasteiger charge is 2.39. The molecule has 2 aromatic carbocycles. The van der Waals surface area contributed by atoms with Gasteiger partial charge in [0, 0.05) is 32.6 Å². The van der Waals surface area contributed by atoms with Crippen molar-refractivity contribution in [1.82, 2.24) is 9.80 Å². The Bertz CT molecular complexity index is 818. The van der Waals surface area contributed by atoms with Gasteiger partial charge < -0.3 is 14.4 Å². The third kappa shape index (κ3) is 4.46. The molecule has 2 fully saturated rings. The van der Waals surface area contributed by atoms with Crippen LogP contribution in [0.25, 0.3) is 0 Å². The summed E-state index contributed by atoms with van der Waals surface area (Å²) in [6, 6.07) is 18.6. The van der Waals surface area contributed by atoms with Crippen molar-refractivity contribution in [3.8, 4) is 0 Å². The van der Waals surface area contributed by atoms with Crippen molar-refractivity contribution in [2.24, 2.45) is 0 Å². The second-order valence-corrected chi connectivity index (χ2v) is 8.21. The Hall–Kier alpha value is -2.37. The predicted octanol–water partition coefficient (Wildman–Crippen LogP) is 4.34. The molecule has 2 heterocycles. The highest BCUT2D eigenvalue weighted by Crippen LogP contribution is 2.36. The zero-order valence-electron chi connectivity index (χ0n) is 17.3. The third-order valence-corrected chi connectivity index (χ3v) is 6.20. The van der Waals surface area contributed by atoms with Crippen molar-refractivity contribution in [3.63, 3.8) is 0 Å². The van der Waals surface area contributed by atoms with E-state index in [0.717, 1.165) is 50.4 Å². The maximum Gasteiger partial charge on any atom is 0.411 e. The van der Waals surface area contributed by atoms with Gasteiger partial charge in [-0.25, -0.2) is 4.79 Å². The van der Waals surface area contributed by atoms with Gasteiger partial charge >= 0.3 is 6.09 Å². The maximum absolute atomic E-state index is 12.8. The molecule has 1 unspecified atom stereocenters. The minimum atomic E-state index is -0.582. The first-order chi connectivity index (χ1) is 14.0. The van der Waals surface area contributed by atoms with E-state index in [4.69, 9.17) is 9.47 Å². The number of cyclic esters (lactones) is 1. The van der Waals surface area contributed by atoms with Crippen LogP contribution in [0.4, 0.5) is 4.79 Å². The first-order valence-corrected chi connectivity index (χ1v) is 10.5. The average Bonchev–Trinajstić information content (AvgIpc) is 2.75. The molecule has 2 aliphatic heterocycles. The molecule has 154 valence electrons. The number of hydrogen-bond donors (Lipinski definition) is 0. The number of amides is 1. The quantitative estimate of drug-likeness (QED) is 0.757. The fourth-order valence-corrected chi connectivity index (χ4v) is 4.17. The monoisotopic (exact) mass is 394 g/mol. The van der Waals surface area contributed by atoms with Crippen LogP contribution in [0.15, 0.2) is 54.6 Å². The summed E-state index contributed by atoms with van der Waals surface area (Å²) in [5.74, 6) is 0. The van der Waals surface area contributed by atoms with E-state index < -0.39 is 5.60 Å². The predicted molar refractivity (Wildman–Crippen MR) is 113 cm³/mol. The van der Waals surface area contributed by atoms with Crippen LogP contribution in [0, 0.1) is 0 Å². The van der Waals surface area contributed by atoms with Crippen LogP contribution in [-0.4, -0.2) is 48.7 Å². The molecule has 2 aromatic rings. The summed E-state index contributed by atoms with van der Waals surface area (Å²) in [5, 5.41) is 0. The number of benzene rings is 2. The average molecular weight is 395 g/mol. The Morgan fingerprint density at radius 3 is 2.34 bits per heavy atom. The van der Waals surface area contributed by atoms with Crippen LogP contribution in [0.1, 0.15) is 43.0 Å². The third-order valence-electron chi connectivity index (χ3n) is 6.20. The van der Waals surface area contributed by atoms with E-state index in [-0.39, 0.29) is 12.1 Å². The number of carbonyl (C=O) groups excluding carboxylic acids is 1. The van der Waals surface area contributed by atoms with E-state index in [0.29, 0.717) is 6.54 Å². The van der Waals surface area contributed by atoms with Gasteiger partial charge in [0.25, 0.3) is 0 Å². The molecule has 0 saturated carbocycles. The molecular weight excluding hydrogens is 364 g/mol. The van der Waals surface area contributed by atoms with E-state index in [1.54, 1.807) is 0 Å². The second-order valence-electron chi connectivity index (χ2n) is 8.21. The minimum absolute atomic E-state index is 0.00384. The van der Waals surface area contributed by atoms with Crippen molar-refractivity contribution >= 4 is 6.09 Å². The molecular formula is C24H30N2O3. The molecule has 4 rings (SSSR count). The first-order valence-electron chi connectivity index (χ1n) is 10.5. The highest BCUT2D eigenvalue weighted by atomic mass is 16.6. The number of ether oxygens (including phenoxy) is 2. The molecule has 2 atom stereocenters. The zero-order chi connectivity index (χ0) is 20.3. The molecule has 0 N–H and O–H groups in total. The van der Waals surface area contributed by atoms with Crippen LogP contribution >= 0.6 is 0 Å². The maximum atomic E-state index is 12.8. The van der Waals surface area contributed by atoms with Gasteiger partial charge in [-0.05, 0) is 30.5 Å². The molecule has 0 radical (unpaired) electrons. The van der Waals surface area contributed by atoms with E-state index in [1.807, 2.05) is 30.0 Å². The SMILES string of the molecule is C[C@@H](c1ccccc1)N1CCC(C)(c2ccc(CN3CCOCC3)cc2)OC1=O. The Morgan fingerprint density at radius 2 is 1.69 bits per heavy atom. The number of hydrogen-bond acceptors (Lipinski definition) is 4. The summed E-state index contributed by atoms with van der Waals surface area (Å²) in [6.07, 6.45) is 0.533. The number of morpholine rings is 1. The minimum Gasteiger partial charge on any atom is -0.438 e. The van der Waals surface area contributed by atoms with Crippen molar-refractivity contribution in [1.29, 1.82) is 0 Å². The molecule has 2 saturated heterocycles. The van der Waals surface area contributed by atoms with E-state index in [9.17, 15) is 4.79 Å². The summed E-state index contributed by atoms with van der Waals surface area (Å²) in [5.41, 5.74) is 2.88. The van der Waals surface area contributed by atoms with E-state index in [1.165, 1.54) is 5.56 Å². The van der Waals surface area contributed by atoms with Gasteiger partial charge in [-0.2, -0.15) is 0 Å². The number of nitrogens with zero attached hydrogens (tertiary/aromatic N) is 2. The van der Waals surface area contributed by atoms with Gasteiger partial charge in [-0.1, -0.05) is 54.6 Å². The van der Waals surface area contributed by atoms with Gasteiger partial charge in [0.2, 0.25) is 0 Å². The van der Waals surface area contributed by atoms with E-state index >= 15 is 0 Å². The fraction of sp³-hybridized carbons (Fsp3) is 0.458. The van der Waals surface area contributed by atoms with Crippen LogP contribution in [0.5, 0.6) is 0 Å². The van der Waals surface area contributed by atoms with Crippen LogP contribution in [0.3, 0.4) is 0 Å². The van der Waals surface area contributed by atoms with Gasteiger partial charge in [0.15, 0.2) is 0 Å². The Labute approximate surface area is 173 Å². The second kappa shape index (κ2) is 8.56. The van der Waals surface area contributed by atoms with Gasteiger partial charge in [-0.3, -0.25) is 4.90 Å². The standard InChI is InChI=1S/C24H30N2O3/c1-19(21-6-4-3-5-7-21)26-13-12-24(2,29-23(26)27)22-10-8-20(9-11-22)18-25-14-16-28-17-15-25/h3-11,19H,12-18H2,1-2H3/t19-,24?/m0/s1. The zero-order valence-corrected chi connectivity index (χ0v) is 17.3. The topological polar surface area (TPSA) is 42.0 Å². The lowest BCUT2D eigenvalue weighted by atomic mass is 9.89. The van der Waals surface area contributed by atoms with Crippen molar-refractivity contribution in [3.05, 3.63) is 71.3 Å². The summed E-state index contributed by atoms with van der Waals surface area (Å²) in [4.78, 5) is 17.0. The van der Waals surface area contributed by atoms with E-state index in [2.05, 4.69) is 48.2 Å². The number of carbonyl (C=O) groups is 1. The first kappa shape index (κ1) is 19.9. The summed E-state index contributed by atoms with van der Waals surface area (Å²) in [6.45, 7) is 9.27. The van der Waals surface area contributed by atoms with Crippen molar-refractivity contribution in [2.75, 3.05) is 32.8 Å². The van der Waals surface area contributed by atoms with Gasteiger partial charge in [0.05, 0.1) is 19.3 Å². The van der Waals surface area contributed by atoms with Crippen molar-refractivity contribution < 1.29 is 14.3 Å². The lowest BCUT2D eigenvalue weighted by Gasteiger charge is -2.41.